The standard InChI is InChI=1S/C19H26N4O2/c1-13-7-5-6-8-14(13)15-11-17(22(4)21-15)20-18(25)23-10-9-16(24)19(2,3)12-23/h5-8,11,16,24H,9-10,12H2,1-4H3,(H,20,25). The Kier molecular flexibility index (Phi) is 4.56. The molecule has 0 aliphatic carbocycles. The van der Waals surface area contributed by atoms with Crippen LogP contribution in [-0.2, 0) is 7.05 Å². The van der Waals surface area contributed by atoms with Crippen LogP contribution in [-0.4, -0.2) is 45.0 Å². The maximum atomic E-state index is 12.6. The molecule has 2 aromatic rings. The zero-order valence-electron chi connectivity index (χ0n) is 15.3. The first-order chi connectivity index (χ1) is 11.8. The Morgan fingerprint density at radius 2 is 2.08 bits per heavy atom. The van der Waals surface area contributed by atoms with Gasteiger partial charge in [-0.15, -0.1) is 0 Å². The van der Waals surface area contributed by atoms with Crippen molar-refractivity contribution in [3.63, 3.8) is 0 Å². The lowest BCUT2D eigenvalue weighted by molar-refractivity contribution is -0.00968. The number of hydrogen-bond donors (Lipinski definition) is 2. The van der Waals surface area contributed by atoms with Crippen LogP contribution in [0.1, 0.15) is 25.8 Å². The lowest BCUT2D eigenvalue weighted by Gasteiger charge is -2.41. The topological polar surface area (TPSA) is 70.4 Å². The van der Waals surface area contributed by atoms with E-state index in [4.69, 9.17) is 0 Å². The summed E-state index contributed by atoms with van der Waals surface area (Å²) in [6.07, 6.45) is 0.223. The van der Waals surface area contributed by atoms with Gasteiger partial charge in [0, 0.05) is 37.2 Å². The zero-order chi connectivity index (χ0) is 18.2. The molecule has 1 saturated heterocycles. The Hall–Kier alpha value is -2.34. The number of rotatable bonds is 2. The minimum atomic E-state index is -0.374. The molecule has 1 aliphatic rings. The van der Waals surface area contributed by atoms with Gasteiger partial charge in [-0.3, -0.25) is 10.00 Å². The number of aryl methyl sites for hydroxylation is 2. The van der Waals surface area contributed by atoms with Crippen molar-refractivity contribution in [3.05, 3.63) is 35.9 Å². The smallest absolute Gasteiger partial charge is 0.323 e. The van der Waals surface area contributed by atoms with Crippen molar-refractivity contribution in [1.82, 2.24) is 14.7 Å². The van der Waals surface area contributed by atoms with Crippen LogP contribution < -0.4 is 5.32 Å². The highest BCUT2D eigenvalue weighted by Crippen LogP contribution is 2.30. The SMILES string of the molecule is Cc1ccccc1-c1cc(NC(=O)N2CCC(O)C(C)(C)C2)n(C)n1. The molecule has 1 fully saturated rings. The zero-order valence-corrected chi connectivity index (χ0v) is 15.3. The van der Waals surface area contributed by atoms with E-state index in [1.165, 1.54) is 0 Å². The molecule has 6 heteroatoms. The van der Waals surface area contributed by atoms with Gasteiger partial charge in [0.05, 0.1) is 11.8 Å². The Balaban J connectivity index is 1.76. The lowest BCUT2D eigenvalue weighted by Crippen LogP contribution is -2.51. The highest BCUT2D eigenvalue weighted by Gasteiger charge is 2.36. The van der Waals surface area contributed by atoms with E-state index in [2.05, 4.69) is 10.4 Å². The fourth-order valence-corrected chi connectivity index (χ4v) is 3.28. The Morgan fingerprint density at radius 3 is 2.76 bits per heavy atom. The molecule has 0 saturated carbocycles. The Morgan fingerprint density at radius 1 is 1.36 bits per heavy atom. The van der Waals surface area contributed by atoms with E-state index in [0.29, 0.717) is 25.3 Å². The second-order valence-corrected chi connectivity index (χ2v) is 7.50. The number of piperidine rings is 1. The predicted molar refractivity (Wildman–Crippen MR) is 98.4 cm³/mol. The number of anilines is 1. The van der Waals surface area contributed by atoms with Crippen molar-refractivity contribution in [2.75, 3.05) is 18.4 Å². The molecule has 3 rings (SSSR count). The minimum Gasteiger partial charge on any atom is -0.392 e. The Labute approximate surface area is 148 Å². The van der Waals surface area contributed by atoms with Gasteiger partial charge in [0.15, 0.2) is 0 Å². The van der Waals surface area contributed by atoms with Crippen molar-refractivity contribution in [2.24, 2.45) is 12.5 Å². The van der Waals surface area contributed by atoms with Gasteiger partial charge in [0.1, 0.15) is 5.82 Å². The van der Waals surface area contributed by atoms with Crippen LogP contribution >= 0.6 is 0 Å². The molecule has 1 aliphatic heterocycles. The monoisotopic (exact) mass is 342 g/mol. The van der Waals surface area contributed by atoms with E-state index in [1.807, 2.05) is 58.2 Å². The summed E-state index contributed by atoms with van der Waals surface area (Å²) < 4.78 is 1.68. The number of nitrogens with zero attached hydrogens (tertiary/aromatic N) is 3. The van der Waals surface area contributed by atoms with Crippen LogP contribution in [0, 0.1) is 12.3 Å². The molecule has 6 nitrogen and oxygen atoms in total. The summed E-state index contributed by atoms with van der Waals surface area (Å²) in [7, 11) is 1.82. The van der Waals surface area contributed by atoms with E-state index in [-0.39, 0.29) is 17.6 Å². The fourth-order valence-electron chi connectivity index (χ4n) is 3.28. The number of aliphatic hydroxyl groups excluding tert-OH is 1. The summed E-state index contributed by atoms with van der Waals surface area (Å²) in [5.41, 5.74) is 2.74. The van der Waals surface area contributed by atoms with Gasteiger partial charge in [0.2, 0.25) is 0 Å². The van der Waals surface area contributed by atoms with Gasteiger partial charge >= 0.3 is 6.03 Å². The first-order valence-corrected chi connectivity index (χ1v) is 8.62. The summed E-state index contributed by atoms with van der Waals surface area (Å²) in [5.74, 6) is 0.659. The first kappa shape index (κ1) is 17.5. The van der Waals surface area contributed by atoms with E-state index in [9.17, 15) is 9.90 Å². The molecule has 2 heterocycles. The molecular weight excluding hydrogens is 316 g/mol. The number of amides is 2. The number of benzene rings is 1. The molecule has 134 valence electrons. The third-order valence-electron chi connectivity index (χ3n) is 5.00. The second-order valence-electron chi connectivity index (χ2n) is 7.50. The average molecular weight is 342 g/mol. The maximum Gasteiger partial charge on any atom is 0.323 e. The van der Waals surface area contributed by atoms with E-state index in [1.54, 1.807) is 9.58 Å². The number of likely N-dealkylation sites (tertiary alicyclic amines) is 1. The first-order valence-electron chi connectivity index (χ1n) is 8.62. The number of aromatic nitrogens is 2. The molecule has 1 aromatic carbocycles. The second kappa shape index (κ2) is 6.52. The number of urea groups is 1. The largest absolute Gasteiger partial charge is 0.392 e. The molecule has 2 N–H and O–H groups in total. The number of nitrogens with one attached hydrogen (secondary N) is 1. The van der Waals surface area contributed by atoms with Gasteiger partial charge in [-0.1, -0.05) is 38.1 Å². The van der Waals surface area contributed by atoms with Crippen molar-refractivity contribution in [2.45, 2.75) is 33.3 Å². The third kappa shape index (κ3) is 3.54. The summed E-state index contributed by atoms with van der Waals surface area (Å²) in [4.78, 5) is 14.4. The number of carbonyl (C=O) groups excluding carboxylic acids is 1. The third-order valence-corrected chi connectivity index (χ3v) is 5.00. The summed E-state index contributed by atoms with van der Waals surface area (Å²) >= 11 is 0. The quantitative estimate of drug-likeness (QED) is 0.881. The van der Waals surface area contributed by atoms with Gasteiger partial charge in [0.25, 0.3) is 0 Å². The predicted octanol–water partition coefficient (Wildman–Crippen LogP) is 3.02. The normalized spacial score (nSPS) is 19.7. The van der Waals surface area contributed by atoms with Gasteiger partial charge in [-0.05, 0) is 18.9 Å². The fraction of sp³-hybridized carbons (Fsp3) is 0.474. The summed E-state index contributed by atoms with van der Waals surface area (Å²) in [5, 5.41) is 17.5. The van der Waals surface area contributed by atoms with Crippen LogP contribution in [0.15, 0.2) is 30.3 Å². The van der Waals surface area contributed by atoms with Gasteiger partial charge in [-0.25, -0.2) is 4.79 Å². The van der Waals surface area contributed by atoms with Crippen molar-refractivity contribution < 1.29 is 9.90 Å². The molecule has 0 bridgehead atoms. The molecule has 0 radical (unpaired) electrons. The molecular formula is C19H26N4O2. The summed E-state index contributed by atoms with van der Waals surface area (Å²) in [6.45, 7) is 7.10. The maximum absolute atomic E-state index is 12.6. The average Bonchev–Trinajstić information content (AvgIpc) is 2.91. The highest BCUT2D eigenvalue weighted by atomic mass is 16.3. The lowest BCUT2D eigenvalue weighted by atomic mass is 9.81. The minimum absolute atomic E-state index is 0.153. The van der Waals surface area contributed by atoms with Crippen LogP contribution in [0.2, 0.25) is 0 Å². The number of carbonyl (C=O) groups is 1. The summed E-state index contributed by atoms with van der Waals surface area (Å²) in [6, 6.07) is 9.79. The molecule has 2 amide bonds. The van der Waals surface area contributed by atoms with E-state index < -0.39 is 0 Å². The van der Waals surface area contributed by atoms with Crippen LogP contribution in [0.25, 0.3) is 11.3 Å². The van der Waals surface area contributed by atoms with Crippen molar-refractivity contribution >= 4 is 11.8 Å². The molecule has 1 unspecified atom stereocenters. The van der Waals surface area contributed by atoms with Crippen molar-refractivity contribution in [3.8, 4) is 11.3 Å². The number of hydrogen-bond acceptors (Lipinski definition) is 3. The van der Waals surface area contributed by atoms with Crippen molar-refractivity contribution in [1.29, 1.82) is 0 Å². The van der Waals surface area contributed by atoms with E-state index in [0.717, 1.165) is 16.8 Å². The van der Waals surface area contributed by atoms with Gasteiger partial charge in [-0.2, -0.15) is 5.10 Å². The van der Waals surface area contributed by atoms with Crippen LogP contribution in [0.3, 0.4) is 0 Å². The van der Waals surface area contributed by atoms with E-state index >= 15 is 0 Å². The highest BCUT2D eigenvalue weighted by molar-refractivity contribution is 5.89. The molecule has 1 atom stereocenters. The number of aliphatic hydroxyl groups is 1. The molecule has 1 aromatic heterocycles. The van der Waals surface area contributed by atoms with Crippen LogP contribution in [0.4, 0.5) is 10.6 Å². The van der Waals surface area contributed by atoms with Crippen LogP contribution in [0.5, 0.6) is 0 Å². The van der Waals surface area contributed by atoms with Gasteiger partial charge < -0.3 is 10.0 Å². The molecule has 0 spiro atoms. The Bertz CT molecular complexity index is 781. The molecule has 25 heavy (non-hydrogen) atoms.